The van der Waals surface area contributed by atoms with Gasteiger partial charge in [0, 0.05) is 22.7 Å². The van der Waals surface area contributed by atoms with Gasteiger partial charge < -0.3 is 10.1 Å². The van der Waals surface area contributed by atoms with Crippen molar-refractivity contribution >= 4 is 11.6 Å². The van der Waals surface area contributed by atoms with Crippen LogP contribution in [-0.4, -0.2) is 18.7 Å². The molecule has 1 N–H and O–H groups in total. The molecule has 0 aromatic heterocycles. The Hall–Kier alpha value is -0.570. The van der Waals surface area contributed by atoms with Crippen molar-refractivity contribution in [2.75, 3.05) is 13.2 Å². The third kappa shape index (κ3) is 2.17. The Morgan fingerprint density at radius 3 is 2.80 bits per heavy atom. The second kappa shape index (κ2) is 4.12. The lowest BCUT2D eigenvalue weighted by Gasteiger charge is -2.40. The van der Waals surface area contributed by atoms with Crippen LogP contribution in [0.15, 0.2) is 24.3 Å². The number of rotatable bonds is 1. The average Bonchev–Trinajstić information content (AvgIpc) is 2.19. The van der Waals surface area contributed by atoms with Crippen molar-refractivity contribution in [3.05, 3.63) is 34.9 Å². The van der Waals surface area contributed by atoms with Crippen molar-refractivity contribution in [1.82, 2.24) is 5.32 Å². The molecular weight excluding hydrogens is 210 g/mol. The second-order valence-electron chi connectivity index (χ2n) is 4.42. The zero-order chi connectivity index (χ0) is 10.9. The molecule has 3 heteroatoms. The Morgan fingerprint density at radius 2 is 2.13 bits per heavy atom. The molecule has 1 aromatic rings. The van der Waals surface area contributed by atoms with Crippen LogP contribution in [-0.2, 0) is 4.74 Å². The molecule has 0 aliphatic carbocycles. The summed E-state index contributed by atoms with van der Waals surface area (Å²) in [6.45, 7) is 5.91. The van der Waals surface area contributed by atoms with Gasteiger partial charge in [0.1, 0.15) is 6.10 Å². The third-order valence-electron chi connectivity index (χ3n) is 2.81. The normalized spacial score (nSPS) is 25.1. The van der Waals surface area contributed by atoms with E-state index in [1.54, 1.807) is 0 Å². The van der Waals surface area contributed by atoms with E-state index in [9.17, 15) is 0 Å². The molecule has 0 radical (unpaired) electrons. The molecule has 1 heterocycles. The predicted molar refractivity (Wildman–Crippen MR) is 62.2 cm³/mol. The standard InChI is InChI=1S/C12H16ClNO/c1-12(2)11(15-8-7-14-12)9-5-3-4-6-10(9)13/h3-6,11,14H,7-8H2,1-2H3. The van der Waals surface area contributed by atoms with Gasteiger partial charge in [-0.25, -0.2) is 0 Å². The van der Waals surface area contributed by atoms with Gasteiger partial charge in [-0.3, -0.25) is 0 Å². The monoisotopic (exact) mass is 225 g/mol. The van der Waals surface area contributed by atoms with Gasteiger partial charge in [0.2, 0.25) is 0 Å². The van der Waals surface area contributed by atoms with E-state index in [0.29, 0.717) is 0 Å². The lowest BCUT2D eigenvalue weighted by Crippen LogP contribution is -2.51. The third-order valence-corrected chi connectivity index (χ3v) is 3.15. The summed E-state index contributed by atoms with van der Waals surface area (Å²) in [5, 5.41) is 4.23. The zero-order valence-electron chi connectivity index (χ0n) is 9.09. The Kier molecular flexibility index (Phi) is 3.01. The molecule has 1 fully saturated rings. The zero-order valence-corrected chi connectivity index (χ0v) is 9.84. The summed E-state index contributed by atoms with van der Waals surface area (Å²) in [5.74, 6) is 0. The van der Waals surface area contributed by atoms with Gasteiger partial charge >= 0.3 is 0 Å². The Morgan fingerprint density at radius 1 is 1.40 bits per heavy atom. The molecule has 1 atom stereocenters. The fraction of sp³-hybridized carbons (Fsp3) is 0.500. The van der Waals surface area contributed by atoms with Crippen LogP contribution in [0.1, 0.15) is 25.5 Å². The van der Waals surface area contributed by atoms with Crippen LogP contribution in [0.25, 0.3) is 0 Å². The molecule has 1 aliphatic heterocycles. The van der Waals surface area contributed by atoms with Gasteiger partial charge in [0.05, 0.1) is 6.61 Å². The first-order valence-corrected chi connectivity index (χ1v) is 5.60. The Balaban J connectivity index is 2.33. The number of morpholine rings is 1. The van der Waals surface area contributed by atoms with E-state index in [0.717, 1.165) is 23.7 Å². The van der Waals surface area contributed by atoms with Gasteiger partial charge in [-0.2, -0.15) is 0 Å². The van der Waals surface area contributed by atoms with E-state index >= 15 is 0 Å². The first kappa shape index (κ1) is 10.9. The molecule has 0 amide bonds. The molecule has 2 nitrogen and oxygen atoms in total. The molecular formula is C12H16ClNO. The van der Waals surface area contributed by atoms with Gasteiger partial charge in [0.15, 0.2) is 0 Å². The van der Waals surface area contributed by atoms with Crippen molar-refractivity contribution in [3.8, 4) is 0 Å². The Labute approximate surface area is 95.6 Å². The van der Waals surface area contributed by atoms with Crippen molar-refractivity contribution in [2.45, 2.75) is 25.5 Å². The summed E-state index contributed by atoms with van der Waals surface area (Å²) in [4.78, 5) is 0. The van der Waals surface area contributed by atoms with Crippen LogP contribution < -0.4 is 5.32 Å². The predicted octanol–water partition coefficient (Wildman–Crippen LogP) is 2.78. The van der Waals surface area contributed by atoms with Crippen LogP contribution in [0.3, 0.4) is 0 Å². The molecule has 1 aliphatic rings. The second-order valence-corrected chi connectivity index (χ2v) is 4.83. The first-order chi connectivity index (χ1) is 7.11. The summed E-state index contributed by atoms with van der Waals surface area (Å²) in [6, 6.07) is 7.87. The fourth-order valence-electron chi connectivity index (χ4n) is 2.02. The number of ether oxygens (including phenoxy) is 1. The summed E-state index contributed by atoms with van der Waals surface area (Å²) < 4.78 is 5.81. The number of nitrogens with one attached hydrogen (secondary N) is 1. The van der Waals surface area contributed by atoms with Crippen LogP contribution in [0, 0.1) is 0 Å². The van der Waals surface area contributed by atoms with Gasteiger partial charge in [0.25, 0.3) is 0 Å². The molecule has 1 saturated heterocycles. The van der Waals surface area contributed by atoms with E-state index in [1.807, 2.05) is 24.3 Å². The van der Waals surface area contributed by atoms with Gasteiger partial charge in [-0.1, -0.05) is 29.8 Å². The van der Waals surface area contributed by atoms with Crippen LogP contribution in [0.2, 0.25) is 5.02 Å². The summed E-state index contributed by atoms with van der Waals surface area (Å²) in [5.41, 5.74) is 1.000. The quantitative estimate of drug-likeness (QED) is 0.794. The fourth-order valence-corrected chi connectivity index (χ4v) is 2.25. The highest BCUT2D eigenvalue weighted by molar-refractivity contribution is 6.31. The van der Waals surface area contributed by atoms with E-state index in [4.69, 9.17) is 16.3 Å². The minimum Gasteiger partial charge on any atom is -0.370 e. The number of hydrogen-bond donors (Lipinski definition) is 1. The van der Waals surface area contributed by atoms with Crippen molar-refractivity contribution in [3.63, 3.8) is 0 Å². The molecule has 82 valence electrons. The summed E-state index contributed by atoms with van der Waals surface area (Å²) in [6.07, 6.45) is 0.0277. The Bertz CT molecular complexity index is 351. The number of halogens is 1. The maximum atomic E-state index is 6.18. The SMILES string of the molecule is CC1(C)NCCOC1c1ccccc1Cl. The molecule has 1 unspecified atom stereocenters. The van der Waals surface area contributed by atoms with Crippen molar-refractivity contribution < 1.29 is 4.74 Å². The highest BCUT2D eigenvalue weighted by Crippen LogP contribution is 2.35. The summed E-state index contributed by atoms with van der Waals surface area (Å²) >= 11 is 6.18. The minimum absolute atomic E-state index is 0.0277. The number of benzene rings is 1. The van der Waals surface area contributed by atoms with E-state index in [-0.39, 0.29) is 11.6 Å². The molecule has 15 heavy (non-hydrogen) atoms. The molecule has 0 bridgehead atoms. The lowest BCUT2D eigenvalue weighted by molar-refractivity contribution is -0.0387. The first-order valence-electron chi connectivity index (χ1n) is 5.22. The largest absolute Gasteiger partial charge is 0.370 e. The maximum Gasteiger partial charge on any atom is 0.102 e. The van der Waals surface area contributed by atoms with Crippen LogP contribution in [0.4, 0.5) is 0 Å². The highest BCUT2D eigenvalue weighted by atomic mass is 35.5. The van der Waals surface area contributed by atoms with Gasteiger partial charge in [-0.05, 0) is 19.9 Å². The smallest absolute Gasteiger partial charge is 0.102 e. The molecule has 2 rings (SSSR count). The minimum atomic E-state index is -0.0662. The molecule has 0 spiro atoms. The molecule has 0 saturated carbocycles. The van der Waals surface area contributed by atoms with Crippen molar-refractivity contribution in [1.29, 1.82) is 0 Å². The van der Waals surface area contributed by atoms with E-state index < -0.39 is 0 Å². The van der Waals surface area contributed by atoms with Crippen LogP contribution in [0.5, 0.6) is 0 Å². The maximum absolute atomic E-state index is 6.18. The highest BCUT2D eigenvalue weighted by Gasteiger charge is 2.35. The van der Waals surface area contributed by atoms with E-state index in [1.165, 1.54) is 0 Å². The average molecular weight is 226 g/mol. The van der Waals surface area contributed by atoms with E-state index in [2.05, 4.69) is 19.2 Å². The summed E-state index contributed by atoms with van der Waals surface area (Å²) in [7, 11) is 0. The van der Waals surface area contributed by atoms with Crippen LogP contribution >= 0.6 is 11.6 Å². The lowest BCUT2D eigenvalue weighted by atomic mass is 9.90. The molecule has 1 aromatic carbocycles. The van der Waals surface area contributed by atoms with Crippen molar-refractivity contribution in [2.24, 2.45) is 0 Å². The topological polar surface area (TPSA) is 21.3 Å². The number of hydrogen-bond acceptors (Lipinski definition) is 2. The van der Waals surface area contributed by atoms with Gasteiger partial charge in [-0.15, -0.1) is 0 Å².